The first-order valence-corrected chi connectivity index (χ1v) is 4.01. The summed E-state index contributed by atoms with van der Waals surface area (Å²) in [4.78, 5) is 3.81. The van der Waals surface area contributed by atoms with Crippen LogP contribution in [0.1, 0.15) is 32.1 Å². The molecule has 0 heterocycles. The van der Waals surface area contributed by atoms with Gasteiger partial charge in [-0.25, -0.2) is 10.4 Å². The summed E-state index contributed by atoms with van der Waals surface area (Å²) in [6, 6.07) is 2.09. The fourth-order valence-electron chi connectivity index (χ4n) is 1.54. The van der Waals surface area contributed by atoms with Gasteiger partial charge in [-0.3, -0.25) is 0 Å². The van der Waals surface area contributed by atoms with Gasteiger partial charge in [-0.05, 0) is 18.8 Å². The maximum Gasteiger partial charge on any atom is 0.0862 e. The van der Waals surface area contributed by atoms with Crippen molar-refractivity contribution in [2.75, 3.05) is 6.54 Å². The van der Waals surface area contributed by atoms with Crippen LogP contribution in [0.3, 0.4) is 0 Å². The van der Waals surface area contributed by atoms with Gasteiger partial charge in [-0.2, -0.15) is 0 Å². The minimum absolute atomic E-state index is 0.756. The molecule has 0 atom stereocenters. The first-order valence-electron chi connectivity index (χ1n) is 4.01. The molecule has 0 radical (unpaired) electrons. The van der Waals surface area contributed by atoms with Crippen molar-refractivity contribution < 1.29 is 0 Å². The second kappa shape index (κ2) is 4.24. The van der Waals surface area contributed by atoms with Gasteiger partial charge in [0.25, 0.3) is 0 Å². The lowest BCUT2D eigenvalue weighted by molar-refractivity contribution is 0.367. The van der Waals surface area contributed by atoms with Crippen LogP contribution in [0.2, 0.25) is 0 Å². The van der Waals surface area contributed by atoms with Crippen LogP contribution in [0.5, 0.6) is 0 Å². The summed E-state index contributed by atoms with van der Waals surface area (Å²) in [5.74, 6) is 0.756. The van der Waals surface area contributed by atoms with Crippen LogP contribution in [0.25, 0.3) is 0 Å². The van der Waals surface area contributed by atoms with E-state index in [-0.39, 0.29) is 0 Å². The van der Waals surface area contributed by atoms with Crippen molar-refractivity contribution in [1.29, 1.82) is 5.41 Å². The van der Waals surface area contributed by atoms with Crippen LogP contribution in [0.4, 0.5) is 0 Å². The third-order valence-corrected chi connectivity index (χ3v) is 2.15. The molecule has 0 amide bonds. The Balaban J connectivity index is 2.19. The van der Waals surface area contributed by atoms with E-state index in [4.69, 9.17) is 5.41 Å². The predicted octanol–water partition coefficient (Wildman–Crippen LogP) is 2.32. The van der Waals surface area contributed by atoms with E-state index < -0.39 is 0 Å². The number of rotatable bonds is 2. The molecule has 1 aliphatic rings. The Morgan fingerprint density at radius 3 is 2.60 bits per heavy atom. The largest absolute Gasteiger partial charge is 0.242 e. The van der Waals surface area contributed by atoms with Gasteiger partial charge in [-0.1, -0.05) is 19.3 Å². The predicted molar refractivity (Wildman–Crippen MR) is 41.6 cm³/mol. The smallest absolute Gasteiger partial charge is 0.0862 e. The van der Waals surface area contributed by atoms with E-state index in [1.807, 2.05) is 0 Å². The van der Waals surface area contributed by atoms with Crippen molar-refractivity contribution in [1.82, 2.24) is 0 Å². The van der Waals surface area contributed by atoms with Crippen molar-refractivity contribution in [2.45, 2.75) is 32.1 Å². The molecule has 0 aliphatic heterocycles. The van der Waals surface area contributed by atoms with Crippen LogP contribution in [-0.2, 0) is 0 Å². The van der Waals surface area contributed by atoms with Gasteiger partial charge >= 0.3 is 0 Å². The topological polar surface area (TPSA) is 36.2 Å². The van der Waals surface area contributed by atoms with E-state index in [2.05, 4.69) is 11.0 Å². The zero-order valence-electron chi connectivity index (χ0n) is 6.27. The molecule has 10 heavy (non-hydrogen) atoms. The van der Waals surface area contributed by atoms with Gasteiger partial charge in [0.2, 0.25) is 0 Å². The average molecular weight is 138 g/mol. The maximum atomic E-state index is 6.60. The lowest BCUT2D eigenvalue weighted by Gasteiger charge is -2.18. The standard InChI is InChI=1S/C8H14N2/c9-7-10-6-8-4-2-1-3-5-8/h8-9H,1-6H2. The lowest BCUT2D eigenvalue weighted by atomic mass is 9.89. The fourth-order valence-corrected chi connectivity index (χ4v) is 1.54. The summed E-state index contributed by atoms with van der Waals surface area (Å²) in [6.45, 7) is 0.837. The highest BCUT2D eigenvalue weighted by atomic mass is 14.7. The summed E-state index contributed by atoms with van der Waals surface area (Å²) in [7, 11) is 0. The van der Waals surface area contributed by atoms with E-state index in [9.17, 15) is 0 Å². The molecular formula is C8H14N2. The van der Waals surface area contributed by atoms with Crippen LogP contribution in [-0.4, -0.2) is 12.6 Å². The molecule has 1 fully saturated rings. The molecule has 0 aromatic carbocycles. The van der Waals surface area contributed by atoms with Crippen LogP contribution in [0, 0.1) is 11.3 Å². The highest BCUT2D eigenvalue weighted by Gasteiger charge is 2.11. The molecule has 2 heteroatoms. The van der Waals surface area contributed by atoms with Crippen LogP contribution < -0.4 is 0 Å². The molecule has 0 saturated heterocycles. The minimum atomic E-state index is 0.756. The summed E-state index contributed by atoms with van der Waals surface area (Å²) in [5, 5.41) is 6.60. The van der Waals surface area contributed by atoms with Gasteiger partial charge in [0, 0.05) is 0 Å². The molecule has 1 N–H and O–H groups in total. The van der Waals surface area contributed by atoms with Crippen molar-refractivity contribution in [3.63, 3.8) is 0 Å². The average Bonchev–Trinajstić information content (AvgIpc) is 2.03. The Morgan fingerprint density at radius 1 is 1.30 bits per heavy atom. The van der Waals surface area contributed by atoms with Gasteiger partial charge in [0.1, 0.15) is 0 Å². The normalized spacial score (nSPS) is 20.0. The number of nitrogens with one attached hydrogen (secondary N) is 1. The zero-order chi connectivity index (χ0) is 7.23. The molecule has 0 spiro atoms. The Kier molecular flexibility index (Phi) is 3.17. The highest BCUT2D eigenvalue weighted by molar-refractivity contribution is 5.35. The van der Waals surface area contributed by atoms with E-state index in [0.29, 0.717) is 0 Å². The van der Waals surface area contributed by atoms with Gasteiger partial charge in [0.15, 0.2) is 0 Å². The zero-order valence-corrected chi connectivity index (χ0v) is 6.27. The number of hydrogen-bond acceptors (Lipinski definition) is 2. The molecule has 0 aromatic rings. The summed E-state index contributed by atoms with van der Waals surface area (Å²) >= 11 is 0. The minimum Gasteiger partial charge on any atom is -0.242 e. The Labute approximate surface area is 61.9 Å². The molecule has 1 rings (SSSR count). The Bertz CT molecular complexity index is 130. The number of hydrogen-bond donors (Lipinski definition) is 1. The molecule has 0 aromatic heterocycles. The Morgan fingerprint density at radius 2 is 2.00 bits per heavy atom. The van der Waals surface area contributed by atoms with E-state index in [1.165, 1.54) is 32.1 Å². The molecule has 1 saturated carbocycles. The monoisotopic (exact) mass is 138 g/mol. The fraction of sp³-hybridized carbons (Fsp3) is 0.875. The van der Waals surface area contributed by atoms with Crippen LogP contribution >= 0.6 is 0 Å². The second-order valence-corrected chi connectivity index (χ2v) is 2.96. The van der Waals surface area contributed by atoms with E-state index in [1.54, 1.807) is 0 Å². The van der Waals surface area contributed by atoms with Crippen molar-refractivity contribution in [3.8, 4) is 0 Å². The number of aliphatic imine (C=N–C) groups is 1. The lowest BCUT2D eigenvalue weighted by Crippen LogP contribution is -2.08. The van der Waals surface area contributed by atoms with Gasteiger partial charge in [0.05, 0.1) is 12.6 Å². The summed E-state index contributed by atoms with van der Waals surface area (Å²) in [6.07, 6.45) is 6.73. The highest BCUT2D eigenvalue weighted by Crippen LogP contribution is 2.23. The molecule has 0 unspecified atom stereocenters. The van der Waals surface area contributed by atoms with Gasteiger partial charge < -0.3 is 0 Å². The third kappa shape index (κ3) is 2.32. The van der Waals surface area contributed by atoms with Crippen molar-refractivity contribution in [2.24, 2.45) is 10.9 Å². The molecule has 0 bridgehead atoms. The molecule has 1 aliphatic carbocycles. The van der Waals surface area contributed by atoms with Crippen LogP contribution in [0.15, 0.2) is 4.99 Å². The second-order valence-electron chi connectivity index (χ2n) is 2.96. The molecule has 56 valence electrons. The first-order chi connectivity index (χ1) is 4.93. The summed E-state index contributed by atoms with van der Waals surface area (Å²) in [5.41, 5.74) is 0. The maximum absolute atomic E-state index is 6.60. The SMILES string of the molecule is N=C=NCC1CCCCC1. The third-order valence-electron chi connectivity index (χ3n) is 2.15. The van der Waals surface area contributed by atoms with Crippen molar-refractivity contribution >= 4 is 6.01 Å². The molecular weight excluding hydrogens is 124 g/mol. The first kappa shape index (κ1) is 7.49. The Hall–Kier alpha value is -0.620. The van der Waals surface area contributed by atoms with Crippen molar-refractivity contribution in [3.05, 3.63) is 0 Å². The van der Waals surface area contributed by atoms with E-state index in [0.717, 1.165) is 12.5 Å². The van der Waals surface area contributed by atoms with Gasteiger partial charge in [-0.15, -0.1) is 0 Å². The number of nitrogens with zero attached hydrogens (tertiary/aromatic N) is 1. The molecule has 2 nitrogen and oxygen atoms in total. The summed E-state index contributed by atoms with van der Waals surface area (Å²) < 4.78 is 0. The van der Waals surface area contributed by atoms with E-state index >= 15 is 0 Å². The quantitative estimate of drug-likeness (QED) is 0.568.